The van der Waals surface area contributed by atoms with Crippen molar-refractivity contribution in [2.45, 2.75) is 24.7 Å². The predicted molar refractivity (Wildman–Crippen MR) is 129 cm³/mol. The summed E-state index contributed by atoms with van der Waals surface area (Å²) in [5, 5.41) is 0.304. The molecule has 1 heterocycles. The van der Waals surface area contributed by atoms with E-state index in [2.05, 4.69) is 21.4 Å². The van der Waals surface area contributed by atoms with Gasteiger partial charge in [-0.15, -0.1) is 0 Å². The van der Waals surface area contributed by atoms with Gasteiger partial charge in [0.05, 0.1) is 16.8 Å². The minimum absolute atomic E-state index is 0.0673. The number of carbonyl (C=O) groups excluding carboxylic acids is 1. The van der Waals surface area contributed by atoms with E-state index in [1.54, 1.807) is 31.3 Å². The van der Waals surface area contributed by atoms with Crippen molar-refractivity contribution in [2.24, 2.45) is 4.99 Å². The van der Waals surface area contributed by atoms with E-state index in [-0.39, 0.29) is 16.1 Å². The summed E-state index contributed by atoms with van der Waals surface area (Å²) in [7, 11) is -3.95. The van der Waals surface area contributed by atoms with Crippen LogP contribution in [-0.4, -0.2) is 25.9 Å². The Morgan fingerprint density at radius 2 is 1.97 bits per heavy atom. The number of hydrogen-bond donors (Lipinski definition) is 1. The summed E-state index contributed by atoms with van der Waals surface area (Å²) in [4.78, 5) is 20.7. The van der Waals surface area contributed by atoms with Crippen LogP contribution < -0.4 is 4.72 Å². The Morgan fingerprint density at radius 1 is 1.21 bits per heavy atom. The quantitative estimate of drug-likeness (QED) is 0.183. The van der Waals surface area contributed by atoms with Gasteiger partial charge in [0, 0.05) is 28.8 Å². The maximum atomic E-state index is 13.0. The third-order valence-corrected chi connectivity index (χ3v) is 6.36. The number of Topliss-reactive ketones (excluding diaryl/α,β-unsaturated/α-hetero) is 1. The number of aryl methyl sites for hydroxylation is 2. The molecule has 0 unspecified atom stereocenters. The van der Waals surface area contributed by atoms with E-state index in [1.165, 1.54) is 48.9 Å². The Kier molecular flexibility index (Phi) is 7.97. The molecule has 170 valence electrons. The smallest absolute Gasteiger partial charge is 0.261 e. The van der Waals surface area contributed by atoms with Gasteiger partial charge in [0.15, 0.2) is 11.7 Å². The lowest BCUT2D eigenvalue weighted by molar-refractivity contribution is 0.103. The summed E-state index contributed by atoms with van der Waals surface area (Å²) < 4.78 is 33.7. The number of rotatable bonds is 10. The van der Waals surface area contributed by atoms with E-state index in [1.807, 2.05) is 0 Å². The molecule has 9 heteroatoms. The number of carbonyl (C=O) groups is 1. The van der Waals surface area contributed by atoms with Crippen LogP contribution in [0.25, 0.3) is 0 Å². The zero-order chi connectivity index (χ0) is 23.8. The number of nitrogens with one attached hydrogen (secondary N) is 1. The molecule has 0 aliphatic heterocycles. The van der Waals surface area contributed by atoms with Crippen molar-refractivity contribution in [3.05, 3.63) is 101 Å². The van der Waals surface area contributed by atoms with Crippen LogP contribution in [0.5, 0.6) is 0 Å². The van der Waals surface area contributed by atoms with Gasteiger partial charge in [-0.3, -0.25) is 14.5 Å². The molecule has 33 heavy (non-hydrogen) atoms. The lowest BCUT2D eigenvalue weighted by atomic mass is 10.0. The number of ketones is 1. The van der Waals surface area contributed by atoms with Crippen LogP contribution in [0, 0.1) is 0 Å². The monoisotopic (exact) mass is 483 g/mol. The van der Waals surface area contributed by atoms with Crippen LogP contribution in [0.15, 0.2) is 93.2 Å². The van der Waals surface area contributed by atoms with Gasteiger partial charge in [0.25, 0.3) is 10.0 Å². The van der Waals surface area contributed by atoms with Crippen LogP contribution in [0.2, 0.25) is 5.02 Å². The second kappa shape index (κ2) is 10.9. The van der Waals surface area contributed by atoms with Gasteiger partial charge in [-0.05, 0) is 62.0 Å². The van der Waals surface area contributed by atoms with Crippen LogP contribution in [0.4, 0.5) is 5.69 Å². The molecule has 2 aromatic carbocycles. The van der Waals surface area contributed by atoms with Gasteiger partial charge in [0.2, 0.25) is 0 Å². The van der Waals surface area contributed by atoms with Crippen molar-refractivity contribution in [3.63, 3.8) is 0 Å². The van der Waals surface area contributed by atoms with E-state index in [4.69, 9.17) is 16.0 Å². The number of nitrogens with zero attached hydrogens (tertiary/aromatic N) is 2. The molecule has 0 amide bonds. The van der Waals surface area contributed by atoms with Gasteiger partial charge in [0.1, 0.15) is 6.26 Å². The topological polar surface area (TPSA) is 102 Å². The number of oxazole rings is 1. The number of aliphatic imine (C=N–C) groups is 1. The normalized spacial score (nSPS) is 12.1. The first kappa shape index (κ1) is 24.2. The molecule has 0 aliphatic carbocycles. The van der Waals surface area contributed by atoms with Crippen molar-refractivity contribution in [1.29, 1.82) is 0 Å². The Labute approximate surface area is 197 Å². The predicted octanol–water partition coefficient (Wildman–Crippen LogP) is 5.26. The maximum absolute atomic E-state index is 13.0. The maximum Gasteiger partial charge on any atom is 0.261 e. The third kappa shape index (κ3) is 6.27. The van der Waals surface area contributed by atoms with Crippen LogP contribution in [0.1, 0.15) is 28.7 Å². The SMILES string of the molecule is C=N/C=C\C(=C/C)C(=O)c1cc(Cl)ccc1NS(=O)(=O)c1ccc(CCc2ncco2)cc1. The van der Waals surface area contributed by atoms with Crippen molar-refractivity contribution in [1.82, 2.24) is 4.98 Å². The van der Waals surface area contributed by atoms with E-state index in [9.17, 15) is 13.2 Å². The summed E-state index contributed by atoms with van der Waals surface area (Å²) in [6, 6.07) is 10.9. The van der Waals surface area contributed by atoms with Gasteiger partial charge in [-0.1, -0.05) is 29.8 Å². The zero-order valence-corrected chi connectivity index (χ0v) is 19.4. The highest BCUT2D eigenvalue weighted by Crippen LogP contribution is 2.26. The molecule has 0 spiro atoms. The molecule has 1 aromatic heterocycles. The number of anilines is 1. The molecular weight excluding hydrogens is 462 g/mol. The molecule has 1 N–H and O–H groups in total. The molecule has 3 rings (SSSR count). The molecule has 7 nitrogen and oxygen atoms in total. The zero-order valence-electron chi connectivity index (χ0n) is 17.9. The first-order valence-corrected chi connectivity index (χ1v) is 11.8. The molecule has 0 fully saturated rings. The van der Waals surface area contributed by atoms with E-state index >= 15 is 0 Å². The molecule has 0 bridgehead atoms. The number of aromatic nitrogens is 1. The minimum Gasteiger partial charge on any atom is -0.449 e. The first-order chi connectivity index (χ1) is 15.8. The summed E-state index contributed by atoms with van der Waals surface area (Å²) in [5.74, 6) is 0.215. The fraction of sp³-hybridized carbons (Fsp3) is 0.125. The first-order valence-electron chi connectivity index (χ1n) is 9.97. The largest absolute Gasteiger partial charge is 0.449 e. The number of benzene rings is 2. The van der Waals surface area contributed by atoms with E-state index < -0.39 is 15.8 Å². The van der Waals surface area contributed by atoms with Crippen molar-refractivity contribution in [2.75, 3.05) is 4.72 Å². The van der Waals surface area contributed by atoms with Crippen molar-refractivity contribution < 1.29 is 17.6 Å². The average Bonchev–Trinajstić information content (AvgIpc) is 3.33. The van der Waals surface area contributed by atoms with Gasteiger partial charge in [-0.2, -0.15) is 0 Å². The van der Waals surface area contributed by atoms with Crippen LogP contribution in [0.3, 0.4) is 0 Å². The van der Waals surface area contributed by atoms with E-state index in [0.29, 0.717) is 29.3 Å². The number of allylic oxidation sites excluding steroid dienone is 3. The Morgan fingerprint density at radius 3 is 2.61 bits per heavy atom. The molecule has 0 saturated carbocycles. The summed E-state index contributed by atoms with van der Waals surface area (Å²) in [6.45, 7) is 5.04. The molecule has 0 saturated heterocycles. The highest BCUT2D eigenvalue weighted by Gasteiger charge is 2.20. The number of sulfonamides is 1. The minimum atomic E-state index is -3.95. The number of halogens is 1. The summed E-state index contributed by atoms with van der Waals surface area (Å²) in [5.41, 5.74) is 1.50. The van der Waals surface area contributed by atoms with Gasteiger partial charge < -0.3 is 4.42 Å². The summed E-state index contributed by atoms with van der Waals surface area (Å²) >= 11 is 6.08. The Bertz CT molecular complexity index is 1300. The highest BCUT2D eigenvalue weighted by atomic mass is 35.5. The Hall–Kier alpha value is -3.49. The third-order valence-electron chi connectivity index (χ3n) is 4.75. The van der Waals surface area contributed by atoms with E-state index in [0.717, 1.165) is 5.56 Å². The number of hydrogen-bond acceptors (Lipinski definition) is 6. The van der Waals surface area contributed by atoms with Crippen molar-refractivity contribution >= 4 is 39.8 Å². The molecule has 0 radical (unpaired) electrons. The fourth-order valence-electron chi connectivity index (χ4n) is 3.05. The van der Waals surface area contributed by atoms with Gasteiger partial charge >= 0.3 is 0 Å². The van der Waals surface area contributed by atoms with Crippen molar-refractivity contribution in [3.8, 4) is 0 Å². The van der Waals surface area contributed by atoms with Gasteiger partial charge in [-0.25, -0.2) is 13.4 Å². The highest BCUT2D eigenvalue weighted by molar-refractivity contribution is 7.92. The lowest BCUT2D eigenvalue weighted by Gasteiger charge is -2.13. The lowest BCUT2D eigenvalue weighted by Crippen LogP contribution is -2.16. The molecular formula is C24H22ClN3O4S. The standard InChI is InChI=1S/C24H22ClN3O4S/c1-3-18(12-13-26-2)24(29)21-16-19(25)7-10-22(21)28-33(30,31)20-8-4-17(5-9-20)6-11-23-27-14-15-32-23/h3-5,7-10,12-16,28H,2,6,11H2,1H3/b13-12-,18-3+. The average molecular weight is 484 g/mol. The van der Waals surface area contributed by atoms with Crippen LogP contribution in [-0.2, 0) is 22.9 Å². The van der Waals surface area contributed by atoms with Crippen LogP contribution >= 0.6 is 11.6 Å². The molecule has 0 atom stereocenters. The Balaban J connectivity index is 1.82. The molecule has 3 aromatic rings. The fourth-order valence-corrected chi connectivity index (χ4v) is 4.30. The second-order valence-electron chi connectivity index (χ2n) is 6.94. The summed E-state index contributed by atoms with van der Waals surface area (Å²) in [6.07, 6.45) is 8.83. The second-order valence-corrected chi connectivity index (χ2v) is 9.06. The molecule has 0 aliphatic rings.